The van der Waals surface area contributed by atoms with Gasteiger partial charge in [-0.15, -0.1) is 0 Å². The highest BCUT2D eigenvalue weighted by atomic mass is 32.2. The van der Waals surface area contributed by atoms with Gasteiger partial charge < -0.3 is 15.0 Å². The van der Waals surface area contributed by atoms with Gasteiger partial charge in [0.2, 0.25) is 0 Å². The van der Waals surface area contributed by atoms with Crippen LogP contribution in [0.3, 0.4) is 0 Å². The van der Waals surface area contributed by atoms with E-state index in [0.29, 0.717) is 18.8 Å². The van der Waals surface area contributed by atoms with Crippen molar-refractivity contribution in [1.29, 1.82) is 0 Å². The third kappa shape index (κ3) is 5.49. The zero-order valence-corrected chi connectivity index (χ0v) is 15.3. The van der Waals surface area contributed by atoms with Gasteiger partial charge in [-0.3, -0.25) is 0 Å². The molecular formula is C18H22N2O4S. The molecule has 0 aromatic heterocycles. The molecule has 2 aromatic carbocycles. The molecule has 25 heavy (non-hydrogen) atoms. The van der Waals surface area contributed by atoms with E-state index in [-0.39, 0.29) is 10.9 Å². The summed E-state index contributed by atoms with van der Waals surface area (Å²) in [6.07, 6.45) is 1.14. The van der Waals surface area contributed by atoms with E-state index in [1.54, 1.807) is 20.0 Å². The first-order chi connectivity index (χ1) is 11.8. The maximum Gasteiger partial charge on any atom is 0.321 e. The van der Waals surface area contributed by atoms with Crippen LogP contribution in [-0.4, -0.2) is 45.8 Å². The van der Waals surface area contributed by atoms with E-state index in [9.17, 15) is 13.2 Å². The normalized spacial score (nSPS) is 11.0. The van der Waals surface area contributed by atoms with Crippen molar-refractivity contribution in [1.82, 2.24) is 4.90 Å². The lowest BCUT2D eigenvalue weighted by atomic mass is 10.2. The molecule has 0 saturated carbocycles. The first-order valence-electron chi connectivity index (χ1n) is 7.78. The second kappa shape index (κ2) is 8.02. The Hall–Kier alpha value is -2.54. The number of anilines is 1. The van der Waals surface area contributed by atoms with Crippen LogP contribution in [0.4, 0.5) is 10.5 Å². The number of sulfone groups is 1. The van der Waals surface area contributed by atoms with Gasteiger partial charge in [-0.1, -0.05) is 24.3 Å². The zero-order valence-electron chi connectivity index (χ0n) is 14.5. The number of nitrogens with zero attached hydrogens (tertiary/aromatic N) is 1. The SMILES string of the molecule is Cc1ccc(S(C)(=O)=O)cc1NC(=O)N(C)CCOc1ccccc1. The standard InChI is InChI=1S/C18H22N2O4S/c1-14-9-10-16(25(3,22)23)13-17(14)19-18(21)20(2)11-12-24-15-7-5-4-6-8-15/h4-10,13H,11-12H2,1-3H3,(H,19,21). The molecule has 0 aliphatic heterocycles. The minimum atomic E-state index is -3.33. The highest BCUT2D eigenvalue weighted by Gasteiger charge is 2.13. The summed E-state index contributed by atoms with van der Waals surface area (Å²) in [6, 6.07) is 13.7. The highest BCUT2D eigenvalue weighted by Crippen LogP contribution is 2.20. The lowest BCUT2D eigenvalue weighted by Crippen LogP contribution is -2.34. The molecule has 0 radical (unpaired) electrons. The number of benzene rings is 2. The molecule has 0 spiro atoms. The Bertz CT molecular complexity index is 835. The van der Waals surface area contributed by atoms with Crippen LogP contribution in [0.15, 0.2) is 53.4 Å². The van der Waals surface area contributed by atoms with E-state index in [1.807, 2.05) is 30.3 Å². The van der Waals surface area contributed by atoms with Crippen LogP contribution in [-0.2, 0) is 9.84 Å². The Morgan fingerprint density at radius 1 is 1.16 bits per heavy atom. The van der Waals surface area contributed by atoms with E-state index in [2.05, 4.69) is 5.32 Å². The van der Waals surface area contributed by atoms with Crippen LogP contribution in [0.5, 0.6) is 5.75 Å². The third-order valence-electron chi connectivity index (χ3n) is 3.66. The number of nitrogens with one attached hydrogen (secondary N) is 1. The second-order valence-corrected chi connectivity index (χ2v) is 7.78. The lowest BCUT2D eigenvalue weighted by Gasteiger charge is -2.19. The molecule has 0 saturated heterocycles. The molecule has 6 nitrogen and oxygen atoms in total. The van der Waals surface area contributed by atoms with E-state index in [0.717, 1.165) is 17.6 Å². The minimum absolute atomic E-state index is 0.170. The Labute approximate surface area is 148 Å². The number of para-hydroxylation sites is 1. The van der Waals surface area contributed by atoms with Gasteiger partial charge in [-0.2, -0.15) is 0 Å². The number of rotatable bonds is 6. The van der Waals surface area contributed by atoms with Crippen LogP contribution in [0.1, 0.15) is 5.56 Å². The number of carbonyl (C=O) groups is 1. The molecule has 0 fully saturated rings. The molecule has 0 atom stereocenters. The number of carbonyl (C=O) groups excluding carboxylic acids is 1. The first-order valence-corrected chi connectivity index (χ1v) is 9.67. The van der Waals surface area contributed by atoms with Crippen molar-refractivity contribution in [2.24, 2.45) is 0 Å². The molecule has 1 N–H and O–H groups in total. The van der Waals surface area contributed by atoms with E-state index in [1.165, 1.54) is 17.0 Å². The van der Waals surface area contributed by atoms with Crippen LogP contribution >= 0.6 is 0 Å². The average molecular weight is 362 g/mol. The van der Waals surface area contributed by atoms with Crippen molar-refractivity contribution in [2.45, 2.75) is 11.8 Å². The van der Waals surface area contributed by atoms with Gasteiger partial charge in [-0.05, 0) is 36.8 Å². The number of hydrogen-bond donors (Lipinski definition) is 1. The lowest BCUT2D eigenvalue weighted by molar-refractivity contribution is 0.207. The van der Waals surface area contributed by atoms with Crippen LogP contribution in [0.25, 0.3) is 0 Å². The molecule has 0 bridgehead atoms. The Balaban J connectivity index is 1.94. The molecule has 0 aliphatic rings. The Kier molecular flexibility index (Phi) is 6.03. The number of aryl methyl sites for hydroxylation is 1. The monoisotopic (exact) mass is 362 g/mol. The van der Waals surface area contributed by atoms with E-state index < -0.39 is 9.84 Å². The molecule has 134 valence electrons. The molecular weight excluding hydrogens is 340 g/mol. The minimum Gasteiger partial charge on any atom is -0.492 e. The fourth-order valence-electron chi connectivity index (χ4n) is 2.10. The van der Waals surface area contributed by atoms with Crippen LogP contribution in [0.2, 0.25) is 0 Å². The smallest absolute Gasteiger partial charge is 0.321 e. The third-order valence-corrected chi connectivity index (χ3v) is 4.77. The molecule has 2 aromatic rings. The summed E-state index contributed by atoms with van der Waals surface area (Å²) in [5.74, 6) is 0.744. The Morgan fingerprint density at radius 2 is 1.84 bits per heavy atom. The quantitative estimate of drug-likeness (QED) is 0.857. The summed E-state index contributed by atoms with van der Waals surface area (Å²) in [5, 5.41) is 2.74. The van der Waals surface area contributed by atoms with E-state index >= 15 is 0 Å². The summed E-state index contributed by atoms with van der Waals surface area (Å²) in [6.45, 7) is 2.56. The van der Waals surface area contributed by atoms with Crippen molar-refractivity contribution in [3.05, 3.63) is 54.1 Å². The molecule has 2 amide bonds. The molecule has 0 heterocycles. The van der Waals surface area contributed by atoms with Gasteiger partial charge in [0.05, 0.1) is 11.4 Å². The zero-order chi connectivity index (χ0) is 18.4. The Morgan fingerprint density at radius 3 is 2.48 bits per heavy atom. The molecule has 7 heteroatoms. The number of likely N-dealkylation sites (N-methyl/N-ethyl adjacent to an activating group) is 1. The summed E-state index contributed by atoms with van der Waals surface area (Å²) in [7, 11) is -1.68. The number of ether oxygens (including phenoxy) is 1. The van der Waals surface area contributed by atoms with Crippen LogP contribution < -0.4 is 10.1 Å². The van der Waals surface area contributed by atoms with Gasteiger partial charge in [0, 0.05) is 19.0 Å². The highest BCUT2D eigenvalue weighted by molar-refractivity contribution is 7.90. The molecule has 0 aliphatic carbocycles. The van der Waals surface area contributed by atoms with Crippen molar-refractivity contribution >= 4 is 21.6 Å². The largest absolute Gasteiger partial charge is 0.492 e. The molecule has 0 unspecified atom stereocenters. The van der Waals surface area contributed by atoms with Crippen molar-refractivity contribution in [2.75, 3.05) is 31.8 Å². The van der Waals surface area contributed by atoms with Gasteiger partial charge >= 0.3 is 6.03 Å². The van der Waals surface area contributed by atoms with Gasteiger partial charge in [0.15, 0.2) is 9.84 Å². The summed E-state index contributed by atoms with van der Waals surface area (Å²) in [4.78, 5) is 13.9. The summed E-state index contributed by atoms with van der Waals surface area (Å²) < 4.78 is 28.9. The van der Waals surface area contributed by atoms with Gasteiger partial charge in [-0.25, -0.2) is 13.2 Å². The summed E-state index contributed by atoms with van der Waals surface area (Å²) >= 11 is 0. The van der Waals surface area contributed by atoms with E-state index in [4.69, 9.17) is 4.74 Å². The predicted molar refractivity (Wildman–Crippen MR) is 97.9 cm³/mol. The number of hydrogen-bond acceptors (Lipinski definition) is 4. The topological polar surface area (TPSA) is 75.7 Å². The van der Waals surface area contributed by atoms with Crippen molar-refractivity contribution < 1.29 is 17.9 Å². The molecule has 2 rings (SSSR count). The number of urea groups is 1. The van der Waals surface area contributed by atoms with Crippen molar-refractivity contribution in [3.8, 4) is 5.75 Å². The van der Waals surface area contributed by atoms with Gasteiger partial charge in [0.1, 0.15) is 12.4 Å². The summed E-state index contributed by atoms with van der Waals surface area (Å²) in [5.41, 5.74) is 1.26. The van der Waals surface area contributed by atoms with Crippen LogP contribution in [0, 0.1) is 6.92 Å². The first kappa shape index (κ1) is 18.8. The second-order valence-electron chi connectivity index (χ2n) is 5.76. The average Bonchev–Trinajstić information content (AvgIpc) is 2.56. The fourth-order valence-corrected chi connectivity index (χ4v) is 2.74. The number of amides is 2. The van der Waals surface area contributed by atoms with Gasteiger partial charge in [0.25, 0.3) is 0 Å². The maximum absolute atomic E-state index is 12.3. The van der Waals surface area contributed by atoms with Crippen molar-refractivity contribution in [3.63, 3.8) is 0 Å². The predicted octanol–water partition coefficient (Wildman–Crippen LogP) is 2.94. The maximum atomic E-state index is 12.3. The fraction of sp³-hybridized carbons (Fsp3) is 0.278.